The molecular formula is C11H21NO3S. The predicted molar refractivity (Wildman–Crippen MR) is 62.5 cm³/mol. The molecule has 94 valence electrons. The van der Waals surface area contributed by atoms with Gasteiger partial charge in [-0.25, -0.2) is 13.1 Å². The molecule has 16 heavy (non-hydrogen) atoms. The highest BCUT2D eigenvalue weighted by Gasteiger charge is 2.32. The van der Waals surface area contributed by atoms with E-state index in [0.29, 0.717) is 5.92 Å². The maximum Gasteiger partial charge on any atom is 0.211 e. The summed E-state index contributed by atoms with van der Waals surface area (Å²) in [6.45, 7) is 0.196. The first kappa shape index (κ1) is 12.3. The molecule has 2 aliphatic carbocycles. The van der Waals surface area contributed by atoms with Crippen LogP contribution in [-0.4, -0.2) is 31.4 Å². The van der Waals surface area contributed by atoms with Gasteiger partial charge in [-0.1, -0.05) is 19.3 Å². The summed E-state index contributed by atoms with van der Waals surface area (Å²) in [5.41, 5.74) is -0.797. The fourth-order valence-corrected chi connectivity index (χ4v) is 3.85. The number of rotatable bonds is 5. The number of hydrogen-bond donors (Lipinski definition) is 2. The van der Waals surface area contributed by atoms with E-state index in [1.165, 1.54) is 0 Å². The number of nitrogens with one attached hydrogen (secondary N) is 1. The summed E-state index contributed by atoms with van der Waals surface area (Å²) in [5.74, 6) is 0.599. The third-order valence-electron chi connectivity index (χ3n) is 3.56. The van der Waals surface area contributed by atoms with Crippen molar-refractivity contribution in [1.82, 2.24) is 4.72 Å². The molecule has 0 aromatic carbocycles. The Balaban J connectivity index is 1.80. The van der Waals surface area contributed by atoms with Crippen molar-refractivity contribution in [3.8, 4) is 0 Å². The van der Waals surface area contributed by atoms with Gasteiger partial charge in [-0.3, -0.25) is 0 Å². The third-order valence-corrected chi connectivity index (χ3v) is 5.05. The Hall–Kier alpha value is -0.130. The zero-order valence-electron chi connectivity index (χ0n) is 9.61. The molecule has 0 aliphatic heterocycles. The van der Waals surface area contributed by atoms with Gasteiger partial charge in [0.2, 0.25) is 10.0 Å². The fraction of sp³-hybridized carbons (Fsp3) is 1.00. The fourth-order valence-electron chi connectivity index (χ4n) is 2.28. The van der Waals surface area contributed by atoms with E-state index in [2.05, 4.69) is 4.72 Å². The van der Waals surface area contributed by atoms with Gasteiger partial charge >= 0.3 is 0 Å². The van der Waals surface area contributed by atoms with Gasteiger partial charge in [-0.2, -0.15) is 0 Å². The van der Waals surface area contributed by atoms with Crippen LogP contribution >= 0.6 is 0 Å². The lowest BCUT2D eigenvalue weighted by Crippen LogP contribution is -2.44. The van der Waals surface area contributed by atoms with Gasteiger partial charge < -0.3 is 5.11 Å². The van der Waals surface area contributed by atoms with Gasteiger partial charge in [-0.15, -0.1) is 0 Å². The zero-order chi connectivity index (χ0) is 11.6. The van der Waals surface area contributed by atoms with Crippen LogP contribution < -0.4 is 4.72 Å². The van der Waals surface area contributed by atoms with Crippen molar-refractivity contribution in [2.45, 2.75) is 50.5 Å². The van der Waals surface area contributed by atoms with Crippen LogP contribution in [0, 0.1) is 5.92 Å². The lowest BCUT2D eigenvalue weighted by Gasteiger charge is -2.32. The Morgan fingerprint density at radius 1 is 1.19 bits per heavy atom. The van der Waals surface area contributed by atoms with E-state index in [9.17, 15) is 13.5 Å². The Morgan fingerprint density at radius 3 is 2.38 bits per heavy atom. The average Bonchev–Trinajstić information content (AvgIpc) is 3.00. The van der Waals surface area contributed by atoms with Gasteiger partial charge in [0.25, 0.3) is 0 Å². The Morgan fingerprint density at radius 2 is 1.81 bits per heavy atom. The molecule has 2 aliphatic rings. The second kappa shape index (κ2) is 4.63. The third kappa shape index (κ3) is 3.71. The van der Waals surface area contributed by atoms with Crippen molar-refractivity contribution >= 4 is 10.0 Å². The number of aliphatic hydroxyl groups is 1. The average molecular weight is 247 g/mol. The van der Waals surface area contributed by atoms with Crippen LogP contribution in [0.15, 0.2) is 0 Å². The number of sulfonamides is 1. The van der Waals surface area contributed by atoms with E-state index < -0.39 is 15.6 Å². The molecule has 0 atom stereocenters. The quantitative estimate of drug-likeness (QED) is 0.762. The first-order valence-corrected chi connectivity index (χ1v) is 7.84. The largest absolute Gasteiger partial charge is 0.389 e. The molecule has 0 aromatic heterocycles. The van der Waals surface area contributed by atoms with Crippen molar-refractivity contribution < 1.29 is 13.5 Å². The maximum absolute atomic E-state index is 11.6. The molecule has 0 bridgehead atoms. The topological polar surface area (TPSA) is 66.4 Å². The minimum absolute atomic E-state index is 0.196. The molecule has 2 fully saturated rings. The monoisotopic (exact) mass is 247 g/mol. The first-order valence-electron chi connectivity index (χ1n) is 6.19. The molecule has 0 unspecified atom stereocenters. The molecule has 2 N–H and O–H groups in total. The highest BCUT2D eigenvalue weighted by atomic mass is 32.2. The van der Waals surface area contributed by atoms with Gasteiger partial charge in [0.1, 0.15) is 0 Å². The second-order valence-electron chi connectivity index (χ2n) is 5.33. The Bertz CT molecular complexity index is 329. The normalized spacial score (nSPS) is 25.6. The molecule has 0 saturated heterocycles. The number of hydrogen-bond acceptors (Lipinski definition) is 3. The predicted octanol–water partition coefficient (Wildman–Crippen LogP) is 1.01. The van der Waals surface area contributed by atoms with Crippen molar-refractivity contribution in [1.29, 1.82) is 0 Å². The van der Waals surface area contributed by atoms with E-state index in [4.69, 9.17) is 0 Å². The second-order valence-corrected chi connectivity index (χ2v) is 7.18. The van der Waals surface area contributed by atoms with Crippen LogP contribution in [0.1, 0.15) is 44.9 Å². The summed E-state index contributed by atoms with van der Waals surface area (Å²) in [6, 6.07) is 0. The van der Waals surface area contributed by atoms with Crippen LogP contribution in [0.3, 0.4) is 0 Å². The van der Waals surface area contributed by atoms with Crippen LogP contribution in [0.25, 0.3) is 0 Å². The van der Waals surface area contributed by atoms with E-state index in [1.807, 2.05) is 0 Å². The van der Waals surface area contributed by atoms with E-state index in [-0.39, 0.29) is 12.3 Å². The molecule has 0 amide bonds. The standard InChI is InChI=1S/C11H21NO3S/c13-11(6-2-1-3-7-11)9-12-16(14,15)8-10-4-5-10/h10,12-13H,1-9H2. The van der Waals surface area contributed by atoms with Crippen molar-refractivity contribution in [3.63, 3.8) is 0 Å². The van der Waals surface area contributed by atoms with Gasteiger partial charge in [0, 0.05) is 6.54 Å². The van der Waals surface area contributed by atoms with Crippen LogP contribution in [0.5, 0.6) is 0 Å². The van der Waals surface area contributed by atoms with E-state index in [0.717, 1.165) is 44.9 Å². The maximum atomic E-state index is 11.6. The van der Waals surface area contributed by atoms with Crippen molar-refractivity contribution in [2.24, 2.45) is 5.92 Å². The Labute approximate surface area is 97.5 Å². The highest BCUT2D eigenvalue weighted by Crippen LogP contribution is 2.30. The first-order chi connectivity index (χ1) is 7.49. The van der Waals surface area contributed by atoms with Gasteiger partial charge in [0.15, 0.2) is 0 Å². The lowest BCUT2D eigenvalue weighted by molar-refractivity contribution is 0.00945. The van der Waals surface area contributed by atoms with Crippen LogP contribution in [0.4, 0.5) is 0 Å². The molecule has 5 heteroatoms. The molecule has 0 aromatic rings. The zero-order valence-corrected chi connectivity index (χ0v) is 10.4. The smallest absolute Gasteiger partial charge is 0.211 e. The summed E-state index contributed by atoms with van der Waals surface area (Å²) < 4.78 is 25.9. The summed E-state index contributed by atoms with van der Waals surface area (Å²) in [6.07, 6.45) is 6.66. The van der Waals surface area contributed by atoms with Crippen LogP contribution in [0.2, 0.25) is 0 Å². The van der Waals surface area contributed by atoms with E-state index in [1.54, 1.807) is 0 Å². The molecule has 0 radical (unpaired) electrons. The minimum atomic E-state index is -3.17. The Kier molecular flexibility index (Phi) is 3.56. The molecule has 0 heterocycles. The van der Waals surface area contributed by atoms with Crippen molar-refractivity contribution in [3.05, 3.63) is 0 Å². The SMILES string of the molecule is O=S(=O)(CC1CC1)NCC1(O)CCCCC1. The van der Waals surface area contributed by atoms with Gasteiger partial charge in [-0.05, 0) is 31.6 Å². The lowest BCUT2D eigenvalue weighted by atomic mass is 9.85. The molecular weight excluding hydrogens is 226 g/mol. The molecule has 2 saturated carbocycles. The van der Waals surface area contributed by atoms with Crippen molar-refractivity contribution in [2.75, 3.05) is 12.3 Å². The summed E-state index contributed by atoms with van der Waals surface area (Å²) in [5, 5.41) is 10.2. The van der Waals surface area contributed by atoms with Crippen LogP contribution in [-0.2, 0) is 10.0 Å². The summed E-state index contributed by atoms with van der Waals surface area (Å²) in [4.78, 5) is 0. The molecule has 0 spiro atoms. The van der Waals surface area contributed by atoms with E-state index >= 15 is 0 Å². The highest BCUT2D eigenvalue weighted by molar-refractivity contribution is 7.89. The summed E-state index contributed by atoms with van der Waals surface area (Å²) >= 11 is 0. The molecule has 2 rings (SSSR count). The summed E-state index contributed by atoms with van der Waals surface area (Å²) in [7, 11) is -3.17. The van der Waals surface area contributed by atoms with Gasteiger partial charge in [0.05, 0.1) is 11.4 Å². The minimum Gasteiger partial charge on any atom is -0.389 e. The molecule has 4 nitrogen and oxygen atoms in total.